The molecule has 1 atom stereocenters. The second-order valence-electron chi connectivity index (χ2n) is 5.95. The Balaban J connectivity index is 2.03. The predicted molar refractivity (Wildman–Crippen MR) is 78.2 cm³/mol. The third-order valence-electron chi connectivity index (χ3n) is 3.97. The van der Waals surface area contributed by atoms with Gasteiger partial charge in [-0.1, -0.05) is 0 Å². The molecule has 0 saturated carbocycles. The summed E-state index contributed by atoms with van der Waals surface area (Å²) >= 11 is 0. The number of piperidine rings is 1. The van der Waals surface area contributed by atoms with Crippen LogP contribution in [0.5, 0.6) is 0 Å². The van der Waals surface area contributed by atoms with Gasteiger partial charge in [-0.25, -0.2) is 13.2 Å². The maximum Gasteiger partial charge on any atom is 0.224 e. The van der Waals surface area contributed by atoms with Crippen LogP contribution in [-0.4, -0.2) is 35.7 Å². The molecule has 1 aliphatic rings. The Morgan fingerprint density at radius 3 is 2.22 bits per heavy atom. The summed E-state index contributed by atoms with van der Waals surface area (Å²) in [5.74, 6) is -4.80. The van der Waals surface area contributed by atoms with E-state index in [0.717, 1.165) is 0 Å². The molecule has 0 aliphatic carbocycles. The minimum atomic E-state index is -1.19. The Morgan fingerprint density at radius 1 is 1.22 bits per heavy atom. The van der Waals surface area contributed by atoms with Crippen LogP contribution < -0.4 is 5.73 Å². The summed E-state index contributed by atoms with van der Waals surface area (Å²) in [4.78, 5) is 25.8. The number of rotatable bonds is 4. The topological polar surface area (TPSA) is 63.4 Å². The van der Waals surface area contributed by atoms with E-state index in [1.165, 1.54) is 0 Å². The van der Waals surface area contributed by atoms with E-state index in [-0.39, 0.29) is 18.4 Å². The number of nitrogens with zero attached hydrogens (tertiary/aromatic N) is 1. The van der Waals surface area contributed by atoms with Gasteiger partial charge in [0.1, 0.15) is 17.5 Å². The van der Waals surface area contributed by atoms with Crippen molar-refractivity contribution in [3.63, 3.8) is 0 Å². The van der Waals surface area contributed by atoms with Crippen LogP contribution in [0.25, 0.3) is 0 Å². The number of amides is 1. The molecular weight excluding hydrogens is 309 g/mol. The molecular formula is C16H19F3N2O2. The van der Waals surface area contributed by atoms with E-state index in [4.69, 9.17) is 5.73 Å². The first-order valence-corrected chi connectivity index (χ1v) is 7.51. The number of hydrogen-bond donors (Lipinski definition) is 1. The van der Waals surface area contributed by atoms with Crippen molar-refractivity contribution in [3.8, 4) is 0 Å². The smallest absolute Gasteiger partial charge is 0.224 e. The first-order valence-electron chi connectivity index (χ1n) is 7.51. The number of nitrogens with two attached hydrogens (primary N) is 1. The molecule has 1 saturated heterocycles. The van der Waals surface area contributed by atoms with Crippen molar-refractivity contribution in [1.82, 2.24) is 4.90 Å². The molecule has 1 fully saturated rings. The number of ketones is 1. The van der Waals surface area contributed by atoms with Gasteiger partial charge in [0.25, 0.3) is 0 Å². The average molecular weight is 328 g/mol. The van der Waals surface area contributed by atoms with Gasteiger partial charge in [-0.15, -0.1) is 0 Å². The van der Waals surface area contributed by atoms with Crippen molar-refractivity contribution in [1.29, 1.82) is 0 Å². The Kier molecular flexibility index (Phi) is 5.41. The van der Waals surface area contributed by atoms with Gasteiger partial charge in [0, 0.05) is 43.6 Å². The summed E-state index contributed by atoms with van der Waals surface area (Å²) in [7, 11) is 0. The lowest BCUT2D eigenvalue weighted by atomic mass is 9.88. The monoisotopic (exact) mass is 328 g/mol. The van der Waals surface area contributed by atoms with Crippen LogP contribution in [0.4, 0.5) is 13.2 Å². The van der Waals surface area contributed by atoms with E-state index in [1.54, 1.807) is 11.8 Å². The minimum Gasteiger partial charge on any atom is -0.343 e. The van der Waals surface area contributed by atoms with Crippen LogP contribution in [-0.2, 0) is 4.79 Å². The normalized spacial score (nSPS) is 17.2. The van der Waals surface area contributed by atoms with Gasteiger partial charge >= 0.3 is 0 Å². The molecule has 126 valence electrons. The summed E-state index contributed by atoms with van der Waals surface area (Å²) in [6.45, 7) is 2.41. The van der Waals surface area contributed by atoms with Crippen molar-refractivity contribution in [3.05, 3.63) is 35.1 Å². The Bertz CT molecular complexity index is 588. The van der Waals surface area contributed by atoms with Crippen molar-refractivity contribution in [2.75, 3.05) is 13.1 Å². The lowest BCUT2D eigenvalue weighted by Gasteiger charge is -2.32. The SMILES string of the molecule is CC(N)CC(=O)N1CCC(C(=O)c2c(F)cc(F)cc2F)CC1. The van der Waals surface area contributed by atoms with E-state index in [1.807, 2.05) is 0 Å². The van der Waals surface area contributed by atoms with Crippen LogP contribution in [0.3, 0.4) is 0 Å². The number of benzene rings is 1. The predicted octanol–water partition coefficient (Wildman–Crippen LogP) is 2.26. The number of Topliss-reactive ketones (excluding diaryl/α,β-unsaturated/α-hetero) is 1. The Hall–Kier alpha value is -1.89. The number of likely N-dealkylation sites (tertiary alicyclic amines) is 1. The molecule has 1 amide bonds. The number of hydrogen-bond acceptors (Lipinski definition) is 3. The summed E-state index contributed by atoms with van der Waals surface area (Å²) in [6.07, 6.45) is 0.861. The molecule has 1 aromatic rings. The standard InChI is InChI=1S/C16H19F3N2O2/c1-9(20)6-14(22)21-4-2-10(3-5-21)16(23)15-12(18)7-11(17)8-13(15)19/h7-10H,2-6,20H2,1H3. The molecule has 1 heterocycles. The molecule has 4 nitrogen and oxygen atoms in total. The first-order chi connectivity index (χ1) is 10.8. The van der Waals surface area contributed by atoms with Crippen molar-refractivity contribution in [2.45, 2.75) is 32.2 Å². The molecule has 0 bridgehead atoms. The van der Waals surface area contributed by atoms with E-state index in [2.05, 4.69) is 0 Å². The third-order valence-corrected chi connectivity index (χ3v) is 3.97. The maximum atomic E-state index is 13.7. The number of carbonyl (C=O) groups is 2. The van der Waals surface area contributed by atoms with Crippen LogP contribution in [0.1, 0.15) is 36.5 Å². The highest BCUT2D eigenvalue weighted by Crippen LogP contribution is 2.25. The number of carbonyl (C=O) groups excluding carboxylic acids is 2. The van der Waals surface area contributed by atoms with Crippen LogP contribution >= 0.6 is 0 Å². The van der Waals surface area contributed by atoms with Gasteiger partial charge < -0.3 is 10.6 Å². The summed E-state index contributed by atoms with van der Waals surface area (Å²) < 4.78 is 40.3. The zero-order chi connectivity index (χ0) is 17.1. The lowest BCUT2D eigenvalue weighted by Crippen LogP contribution is -2.42. The van der Waals surface area contributed by atoms with Crippen LogP contribution in [0.2, 0.25) is 0 Å². The summed E-state index contributed by atoms with van der Waals surface area (Å²) in [5.41, 5.74) is 4.88. The lowest BCUT2D eigenvalue weighted by molar-refractivity contribution is -0.132. The summed E-state index contributed by atoms with van der Waals surface area (Å²) in [5, 5.41) is 0. The van der Waals surface area contributed by atoms with Crippen LogP contribution in [0.15, 0.2) is 12.1 Å². The highest BCUT2D eigenvalue weighted by molar-refractivity contribution is 5.98. The van der Waals surface area contributed by atoms with Crippen molar-refractivity contribution in [2.24, 2.45) is 11.7 Å². The van der Waals surface area contributed by atoms with Gasteiger partial charge in [0.2, 0.25) is 5.91 Å². The van der Waals surface area contributed by atoms with Gasteiger partial charge in [-0.05, 0) is 19.8 Å². The minimum absolute atomic E-state index is 0.0926. The largest absolute Gasteiger partial charge is 0.343 e. The second kappa shape index (κ2) is 7.12. The molecule has 1 aromatic carbocycles. The zero-order valence-corrected chi connectivity index (χ0v) is 12.8. The van der Waals surface area contributed by atoms with Crippen molar-refractivity contribution < 1.29 is 22.8 Å². The quantitative estimate of drug-likeness (QED) is 0.863. The zero-order valence-electron chi connectivity index (χ0n) is 12.8. The molecule has 1 unspecified atom stereocenters. The fourth-order valence-electron chi connectivity index (χ4n) is 2.78. The fourth-order valence-corrected chi connectivity index (χ4v) is 2.78. The first kappa shape index (κ1) is 17.5. The summed E-state index contributed by atoms with van der Waals surface area (Å²) in [6, 6.07) is 0.749. The molecule has 2 rings (SSSR count). The molecule has 0 spiro atoms. The highest BCUT2D eigenvalue weighted by Gasteiger charge is 2.31. The third kappa shape index (κ3) is 4.10. The van der Waals surface area contributed by atoms with Gasteiger partial charge in [0.15, 0.2) is 5.78 Å². The molecule has 0 radical (unpaired) electrons. The van der Waals surface area contributed by atoms with E-state index in [0.29, 0.717) is 38.1 Å². The molecule has 23 heavy (non-hydrogen) atoms. The average Bonchev–Trinajstić information content (AvgIpc) is 2.45. The molecule has 2 N–H and O–H groups in total. The Morgan fingerprint density at radius 2 is 1.74 bits per heavy atom. The van der Waals surface area contributed by atoms with Crippen LogP contribution in [0, 0.1) is 23.4 Å². The molecule has 1 aliphatic heterocycles. The molecule has 0 aromatic heterocycles. The van der Waals surface area contributed by atoms with Crippen molar-refractivity contribution >= 4 is 11.7 Å². The number of halogens is 3. The maximum absolute atomic E-state index is 13.7. The van der Waals surface area contributed by atoms with E-state index >= 15 is 0 Å². The fraction of sp³-hybridized carbons (Fsp3) is 0.500. The molecule has 7 heteroatoms. The van der Waals surface area contributed by atoms with E-state index < -0.39 is 34.7 Å². The van der Waals surface area contributed by atoms with Gasteiger partial charge in [0.05, 0.1) is 5.56 Å². The van der Waals surface area contributed by atoms with Gasteiger partial charge in [-0.3, -0.25) is 9.59 Å². The highest BCUT2D eigenvalue weighted by atomic mass is 19.1. The Labute approximate surface area is 132 Å². The van der Waals surface area contributed by atoms with Gasteiger partial charge in [-0.2, -0.15) is 0 Å². The second-order valence-corrected chi connectivity index (χ2v) is 5.95. The van der Waals surface area contributed by atoms with E-state index in [9.17, 15) is 22.8 Å².